The minimum Gasteiger partial charge on any atom is -0.496 e. The lowest BCUT2D eigenvalue weighted by molar-refractivity contribution is -0.0563. The molecule has 1 saturated heterocycles. The molecule has 1 saturated carbocycles. The molecule has 8 nitrogen and oxygen atoms in total. The number of anilines is 2. The summed E-state index contributed by atoms with van der Waals surface area (Å²) in [7, 11) is 1.73. The molecule has 6 rings (SSSR count). The Kier molecular flexibility index (Phi) is 6.84. The molecule has 2 aromatic carbocycles. The van der Waals surface area contributed by atoms with Crippen molar-refractivity contribution in [2.45, 2.75) is 70.2 Å². The van der Waals surface area contributed by atoms with Gasteiger partial charge in [-0.25, -0.2) is 4.98 Å². The van der Waals surface area contributed by atoms with Gasteiger partial charge in [0, 0.05) is 30.1 Å². The summed E-state index contributed by atoms with van der Waals surface area (Å²) in [6.45, 7) is 5.26. The zero-order chi connectivity index (χ0) is 26.1. The maximum atomic E-state index is 6.15. The monoisotopic (exact) mass is 514 g/mol. The van der Waals surface area contributed by atoms with Gasteiger partial charge in [-0.05, 0) is 55.9 Å². The molecular formula is C30H38N6O2. The predicted octanol–water partition coefficient (Wildman–Crippen LogP) is 5.24. The molecule has 0 amide bonds. The molecule has 3 heterocycles. The highest BCUT2D eigenvalue weighted by Crippen LogP contribution is 2.43. The summed E-state index contributed by atoms with van der Waals surface area (Å²) in [6.07, 6.45) is 7.00. The standard InChI is InChI=1S/C30H38N6O2/c1-3-4-14-32-28-27-26(34-29(31)35-28)23-8-5-6-9-24(23)36(27)18-21-15-20(10-11-25(21)37-2)17-33-22-16-30(38-19-22)12-7-13-30/h5-6,8-11,15,22,33H,3-4,7,12-14,16-19H2,1-2H3,(H3,31,32,34,35). The van der Waals surface area contributed by atoms with Crippen molar-refractivity contribution < 1.29 is 9.47 Å². The van der Waals surface area contributed by atoms with E-state index in [0.29, 0.717) is 12.6 Å². The largest absolute Gasteiger partial charge is 0.496 e. The van der Waals surface area contributed by atoms with Gasteiger partial charge in [0.1, 0.15) is 16.8 Å². The summed E-state index contributed by atoms with van der Waals surface area (Å²) >= 11 is 0. The summed E-state index contributed by atoms with van der Waals surface area (Å²) in [5.41, 5.74) is 11.6. The molecule has 2 aliphatic rings. The fourth-order valence-electron chi connectivity index (χ4n) is 6.01. The molecule has 1 aliphatic heterocycles. The molecule has 2 fully saturated rings. The van der Waals surface area contributed by atoms with E-state index < -0.39 is 0 Å². The molecule has 0 bridgehead atoms. The van der Waals surface area contributed by atoms with Crippen LogP contribution >= 0.6 is 0 Å². The summed E-state index contributed by atoms with van der Waals surface area (Å²) in [4.78, 5) is 9.27. The highest BCUT2D eigenvalue weighted by atomic mass is 16.5. The van der Waals surface area contributed by atoms with E-state index in [1.165, 1.54) is 24.8 Å². The van der Waals surface area contributed by atoms with Crippen molar-refractivity contribution in [2.24, 2.45) is 0 Å². The number of nitrogen functional groups attached to an aromatic ring is 1. The van der Waals surface area contributed by atoms with Crippen molar-refractivity contribution in [3.05, 3.63) is 53.6 Å². The van der Waals surface area contributed by atoms with E-state index in [0.717, 1.165) is 78.0 Å². The van der Waals surface area contributed by atoms with Crippen LogP contribution in [0.5, 0.6) is 5.75 Å². The van der Waals surface area contributed by atoms with Gasteiger partial charge in [0.05, 0.1) is 31.4 Å². The first-order chi connectivity index (χ1) is 18.6. The summed E-state index contributed by atoms with van der Waals surface area (Å²) in [6, 6.07) is 15.2. The topological polar surface area (TPSA) is 99.2 Å². The second-order valence-corrected chi connectivity index (χ2v) is 10.8. The van der Waals surface area contributed by atoms with Crippen LogP contribution in [0.4, 0.5) is 11.8 Å². The molecule has 2 aromatic heterocycles. The molecule has 4 N–H and O–H groups in total. The number of nitrogens with zero attached hydrogens (tertiary/aromatic N) is 3. The third kappa shape index (κ3) is 4.67. The molecule has 38 heavy (non-hydrogen) atoms. The molecule has 1 atom stereocenters. The Labute approximate surface area is 223 Å². The lowest BCUT2D eigenvalue weighted by Gasteiger charge is -2.37. The Morgan fingerprint density at radius 3 is 2.82 bits per heavy atom. The van der Waals surface area contributed by atoms with Crippen LogP contribution in [-0.4, -0.2) is 46.4 Å². The van der Waals surface area contributed by atoms with Crippen LogP contribution in [0.2, 0.25) is 0 Å². The van der Waals surface area contributed by atoms with Gasteiger partial charge in [-0.3, -0.25) is 0 Å². The Hall–Kier alpha value is -3.36. The van der Waals surface area contributed by atoms with Crippen molar-refractivity contribution in [1.29, 1.82) is 0 Å². The highest BCUT2D eigenvalue weighted by Gasteiger charge is 2.44. The fourth-order valence-corrected chi connectivity index (χ4v) is 6.01. The van der Waals surface area contributed by atoms with Crippen molar-refractivity contribution in [1.82, 2.24) is 19.9 Å². The average molecular weight is 515 g/mol. The maximum absolute atomic E-state index is 6.15. The van der Waals surface area contributed by atoms with Gasteiger partial charge in [-0.1, -0.05) is 37.6 Å². The van der Waals surface area contributed by atoms with Crippen molar-refractivity contribution >= 4 is 33.7 Å². The van der Waals surface area contributed by atoms with E-state index in [1.807, 2.05) is 6.07 Å². The lowest BCUT2D eigenvalue weighted by Crippen LogP contribution is -2.37. The van der Waals surface area contributed by atoms with E-state index in [1.54, 1.807) is 7.11 Å². The van der Waals surface area contributed by atoms with Gasteiger partial charge in [0.25, 0.3) is 0 Å². The number of nitrogens with one attached hydrogen (secondary N) is 2. The van der Waals surface area contributed by atoms with Crippen LogP contribution in [0.25, 0.3) is 21.9 Å². The number of nitrogens with two attached hydrogens (primary N) is 1. The zero-order valence-electron chi connectivity index (χ0n) is 22.4. The molecule has 1 unspecified atom stereocenters. The van der Waals surface area contributed by atoms with E-state index in [2.05, 4.69) is 68.5 Å². The first-order valence-electron chi connectivity index (χ1n) is 13.9. The summed E-state index contributed by atoms with van der Waals surface area (Å²) < 4.78 is 14.2. The van der Waals surface area contributed by atoms with Gasteiger partial charge in [-0.15, -0.1) is 0 Å². The van der Waals surface area contributed by atoms with Crippen LogP contribution in [0.15, 0.2) is 42.5 Å². The quantitative estimate of drug-likeness (QED) is 0.249. The van der Waals surface area contributed by atoms with Crippen LogP contribution in [0.1, 0.15) is 56.6 Å². The number of unbranched alkanes of at least 4 members (excludes halogenated alkanes) is 1. The number of ether oxygens (including phenoxy) is 2. The minimum absolute atomic E-state index is 0.160. The number of fused-ring (bicyclic) bond motifs is 3. The van der Waals surface area contributed by atoms with E-state index in [-0.39, 0.29) is 11.5 Å². The van der Waals surface area contributed by atoms with Gasteiger partial charge >= 0.3 is 0 Å². The smallest absolute Gasteiger partial charge is 0.222 e. The maximum Gasteiger partial charge on any atom is 0.222 e. The molecular weight excluding hydrogens is 476 g/mol. The third-order valence-corrected chi connectivity index (χ3v) is 8.19. The van der Waals surface area contributed by atoms with Crippen LogP contribution < -0.4 is 21.1 Å². The number of aromatic nitrogens is 3. The normalized spacial score (nSPS) is 18.3. The number of hydrogen-bond donors (Lipinski definition) is 3. The first kappa shape index (κ1) is 24.9. The average Bonchev–Trinajstić information content (AvgIpc) is 3.48. The lowest BCUT2D eigenvalue weighted by atomic mass is 9.77. The third-order valence-electron chi connectivity index (χ3n) is 8.19. The SMILES string of the molecule is CCCCNc1nc(N)nc2c3ccccc3n(Cc3cc(CNC4COC5(CCC5)C4)ccc3OC)c12. The predicted molar refractivity (Wildman–Crippen MR) is 153 cm³/mol. The number of benzene rings is 2. The van der Waals surface area contributed by atoms with Crippen LogP contribution in [0.3, 0.4) is 0 Å². The Bertz CT molecular complexity index is 1440. The summed E-state index contributed by atoms with van der Waals surface area (Å²) in [5, 5.41) is 8.32. The molecule has 1 aliphatic carbocycles. The van der Waals surface area contributed by atoms with Crippen molar-refractivity contribution in [3.63, 3.8) is 0 Å². The number of methoxy groups -OCH3 is 1. The Morgan fingerprint density at radius 1 is 1.18 bits per heavy atom. The van der Waals surface area contributed by atoms with E-state index in [4.69, 9.17) is 15.2 Å². The molecule has 4 aromatic rings. The molecule has 200 valence electrons. The van der Waals surface area contributed by atoms with E-state index in [9.17, 15) is 0 Å². The van der Waals surface area contributed by atoms with Crippen LogP contribution in [0, 0.1) is 0 Å². The van der Waals surface area contributed by atoms with Gasteiger partial charge in [0.2, 0.25) is 5.95 Å². The van der Waals surface area contributed by atoms with Gasteiger partial charge in [0.15, 0.2) is 5.82 Å². The first-order valence-corrected chi connectivity index (χ1v) is 13.9. The van der Waals surface area contributed by atoms with Crippen molar-refractivity contribution in [3.8, 4) is 5.75 Å². The summed E-state index contributed by atoms with van der Waals surface area (Å²) in [5.74, 6) is 1.93. The molecule has 0 radical (unpaired) electrons. The van der Waals surface area contributed by atoms with Crippen LogP contribution in [-0.2, 0) is 17.8 Å². The number of para-hydroxylation sites is 1. The van der Waals surface area contributed by atoms with Gasteiger partial charge in [-0.2, -0.15) is 4.98 Å². The highest BCUT2D eigenvalue weighted by molar-refractivity contribution is 6.09. The van der Waals surface area contributed by atoms with Gasteiger partial charge < -0.3 is 30.4 Å². The zero-order valence-corrected chi connectivity index (χ0v) is 22.4. The minimum atomic E-state index is 0.160. The number of hydrogen-bond acceptors (Lipinski definition) is 7. The van der Waals surface area contributed by atoms with E-state index >= 15 is 0 Å². The van der Waals surface area contributed by atoms with Crippen molar-refractivity contribution in [2.75, 3.05) is 31.3 Å². The Balaban J connectivity index is 1.33. The fraction of sp³-hybridized carbons (Fsp3) is 0.467. The Morgan fingerprint density at radius 2 is 2.05 bits per heavy atom. The second kappa shape index (κ2) is 10.4. The second-order valence-electron chi connectivity index (χ2n) is 10.8. The number of rotatable bonds is 10. The molecule has 1 spiro atoms. The molecule has 8 heteroatoms.